The Kier molecular flexibility index (Phi) is 2.93. The summed E-state index contributed by atoms with van der Waals surface area (Å²) in [6.45, 7) is 0. The number of thiazole rings is 1. The Morgan fingerprint density at radius 3 is 2.93 bits per heavy atom. The molecular formula is C10H5BrFNOS. The first-order valence-corrected chi connectivity index (χ1v) is 5.74. The molecule has 1 aromatic heterocycles. The van der Waals surface area contributed by atoms with Gasteiger partial charge in [0, 0.05) is 15.4 Å². The molecule has 0 N–H and O–H groups in total. The molecule has 2 rings (SSSR count). The van der Waals surface area contributed by atoms with Gasteiger partial charge in [-0.15, -0.1) is 11.3 Å². The maximum absolute atomic E-state index is 13.0. The maximum atomic E-state index is 13.0. The van der Waals surface area contributed by atoms with E-state index in [0.717, 1.165) is 4.47 Å². The lowest BCUT2D eigenvalue weighted by Crippen LogP contribution is -1.83. The third-order valence-electron chi connectivity index (χ3n) is 1.80. The number of halogens is 2. The van der Waals surface area contributed by atoms with Crippen molar-refractivity contribution in [2.24, 2.45) is 0 Å². The molecule has 0 bridgehead atoms. The maximum Gasteiger partial charge on any atom is 0.169 e. The van der Waals surface area contributed by atoms with Crippen molar-refractivity contribution >= 4 is 33.6 Å². The van der Waals surface area contributed by atoms with E-state index in [2.05, 4.69) is 20.9 Å². The first-order valence-electron chi connectivity index (χ1n) is 4.07. The SMILES string of the molecule is O=Cc1csc(-c2cc(F)ccc2Br)n1. The van der Waals surface area contributed by atoms with Gasteiger partial charge < -0.3 is 0 Å². The molecule has 0 unspecified atom stereocenters. The summed E-state index contributed by atoms with van der Waals surface area (Å²) < 4.78 is 13.8. The molecule has 2 aromatic rings. The van der Waals surface area contributed by atoms with E-state index in [-0.39, 0.29) is 5.82 Å². The topological polar surface area (TPSA) is 30.0 Å². The molecule has 0 aliphatic carbocycles. The van der Waals surface area contributed by atoms with Crippen LogP contribution < -0.4 is 0 Å². The first-order chi connectivity index (χ1) is 7.20. The van der Waals surface area contributed by atoms with Crippen molar-refractivity contribution in [3.8, 4) is 10.6 Å². The van der Waals surface area contributed by atoms with Crippen LogP contribution in [0.1, 0.15) is 10.5 Å². The number of aldehydes is 1. The second kappa shape index (κ2) is 4.20. The number of benzene rings is 1. The number of hydrogen-bond acceptors (Lipinski definition) is 3. The van der Waals surface area contributed by atoms with E-state index in [0.29, 0.717) is 22.6 Å². The van der Waals surface area contributed by atoms with Gasteiger partial charge in [0.15, 0.2) is 6.29 Å². The fourth-order valence-corrected chi connectivity index (χ4v) is 2.49. The monoisotopic (exact) mass is 285 g/mol. The van der Waals surface area contributed by atoms with Gasteiger partial charge in [0.1, 0.15) is 16.5 Å². The van der Waals surface area contributed by atoms with Crippen LogP contribution >= 0.6 is 27.3 Å². The Bertz CT molecular complexity index is 512. The van der Waals surface area contributed by atoms with Crippen LogP contribution in [0.3, 0.4) is 0 Å². The van der Waals surface area contributed by atoms with E-state index >= 15 is 0 Å². The molecule has 0 aliphatic heterocycles. The molecule has 0 amide bonds. The van der Waals surface area contributed by atoms with E-state index < -0.39 is 0 Å². The van der Waals surface area contributed by atoms with Gasteiger partial charge >= 0.3 is 0 Å². The molecule has 0 radical (unpaired) electrons. The van der Waals surface area contributed by atoms with Gasteiger partial charge in [0.2, 0.25) is 0 Å². The van der Waals surface area contributed by atoms with Crippen LogP contribution in [-0.4, -0.2) is 11.3 Å². The summed E-state index contributed by atoms with van der Waals surface area (Å²) in [5.74, 6) is -0.323. The zero-order valence-corrected chi connectivity index (χ0v) is 9.81. The van der Waals surface area contributed by atoms with Gasteiger partial charge in [0.05, 0.1) is 0 Å². The molecule has 5 heteroatoms. The molecule has 0 saturated heterocycles. The van der Waals surface area contributed by atoms with Crippen molar-refractivity contribution in [3.05, 3.63) is 39.6 Å². The largest absolute Gasteiger partial charge is 0.296 e. The zero-order valence-electron chi connectivity index (χ0n) is 7.41. The summed E-state index contributed by atoms with van der Waals surface area (Å²) in [7, 11) is 0. The van der Waals surface area contributed by atoms with Crippen molar-refractivity contribution in [3.63, 3.8) is 0 Å². The Labute approximate surface area is 97.9 Å². The third kappa shape index (κ3) is 2.13. The van der Waals surface area contributed by atoms with Crippen LogP contribution in [0.5, 0.6) is 0 Å². The highest BCUT2D eigenvalue weighted by atomic mass is 79.9. The van der Waals surface area contributed by atoms with E-state index in [9.17, 15) is 9.18 Å². The number of carbonyl (C=O) groups excluding carboxylic acids is 1. The fourth-order valence-electron chi connectivity index (χ4n) is 1.13. The predicted molar refractivity (Wildman–Crippen MR) is 60.6 cm³/mol. The number of aromatic nitrogens is 1. The van der Waals surface area contributed by atoms with E-state index in [4.69, 9.17) is 0 Å². The van der Waals surface area contributed by atoms with Crippen LogP contribution in [-0.2, 0) is 0 Å². The number of nitrogens with zero attached hydrogens (tertiary/aromatic N) is 1. The van der Waals surface area contributed by atoms with Crippen molar-refractivity contribution in [2.75, 3.05) is 0 Å². The van der Waals surface area contributed by atoms with Crippen LogP contribution in [0.2, 0.25) is 0 Å². The van der Waals surface area contributed by atoms with Crippen LogP contribution in [0.25, 0.3) is 10.6 Å². The molecule has 0 saturated carbocycles. The quantitative estimate of drug-likeness (QED) is 0.790. The second-order valence-electron chi connectivity index (χ2n) is 2.82. The Morgan fingerprint density at radius 2 is 2.27 bits per heavy atom. The van der Waals surface area contributed by atoms with Gasteiger partial charge in [0.25, 0.3) is 0 Å². The minimum atomic E-state index is -0.323. The van der Waals surface area contributed by atoms with Crippen molar-refractivity contribution in [1.29, 1.82) is 0 Å². The molecule has 2 nitrogen and oxygen atoms in total. The van der Waals surface area contributed by atoms with Gasteiger partial charge in [-0.3, -0.25) is 4.79 Å². The van der Waals surface area contributed by atoms with Crippen LogP contribution in [0.15, 0.2) is 28.1 Å². The summed E-state index contributed by atoms with van der Waals surface area (Å²) in [6, 6.07) is 4.37. The van der Waals surface area contributed by atoms with Crippen molar-refractivity contribution in [2.45, 2.75) is 0 Å². The highest BCUT2D eigenvalue weighted by Gasteiger charge is 2.08. The van der Waals surface area contributed by atoms with Gasteiger partial charge in [-0.2, -0.15) is 0 Å². The molecule has 0 aliphatic rings. The molecule has 0 atom stereocenters. The lowest BCUT2D eigenvalue weighted by Gasteiger charge is -1.99. The second-order valence-corrected chi connectivity index (χ2v) is 4.53. The fraction of sp³-hybridized carbons (Fsp3) is 0. The minimum Gasteiger partial charge on any atom is -0.296 e. The predicted octanol–water partition coefficient (Wildman–Crippen LogP) is 3.52. The summed E-state index contributed by atoms with van der Waals surface area (Å²) in [4.78, 5) is 14.5. The average Bonchev–Trinajstić information content (AvgIpc) is 2.70. The van der Waals surface area contributed by atoms with Gasteiger partial charge in [-0.05, 0) is 18.2 Å². The standard InChI is InChI=1S/C10H5BrFNOS/c11-9-2-1-6(12)3-8(9)10-13-7(4-14)5-15-10/h1-5H. The number of hydrogen-bond donors (Lipinski definition) is 0. The number of rotatable bonds is 2. The smallest absolute Gasteiger partial charge is 0.169 e. The summed E-state index contributed by atoms with van der Waals surface area (Å²) >= 11 is 4.62. The Hall–Kier alpha value is -1.07. The van der Waals surface area contributed by atoms with Crippen molar-refractivity contribution in [1.82, 2.24) is 4.98 Å². The summed E-state index contributed by atoms with van der Waals surface area (Å²) in [5.41, 5.74) is 1.03. The first kappa shape index (κ1) is 10.4. The van der Waals surface area contributed by atoms with E-state index in [1.165, 1.54) is 23.5 Å². The normalized spacial score (nSPS) is 10.3. The molecular weight excluding hydrogens is 281 g/mol. The zero-order chi connectivity index (χ0) is 10.8. The molecule has 1 aromatic carbocycles. The summed E-state index contributed by atoms with van der Waals surface area (Å²) in [6.07, 6.45) is 0.674. The van der Waals surface area contributed by atoms with Crippen LogP contribution in [0, 0.1) is 5.82 Å². The molecule has 1 heterocycles. The molecule has 15 heavy (non-hydrogen) atoms. The highest BCUT2D eigenvalue weighted by molar-refractivity contribution is 9.10. The Morgan fingerprint density at radius 1 is 1.47 bits per heavy atom. The average molecular weight is 286 g/mol. The third-order valence-corrected chi connectivity index (χ3v) is 3.39. The Balaban J connectivity index is 2.52. The minimum absolute atomic E-state index is 0.323. The lowest BCUT2D eigenvalue weighted by molar-refractivity contribution is 0.111. The van der Waals surface area contributed by atoms with Gasteiger partial charge in [-0.25, -0.2) is 9.37 Å². The van der Waals surface area contributed by atoms with E-state index in [1.807, 2.05) is 0 Å². The molecule has 0 spiro atoms. The van der Waals surface area contributed by atoms with E-state index in [1.54, 1.807) is 11.4 Å². The molecule has 76 valence electrons. The number of carbonyl (C=O) groups is 1. The molecule has 0 fully saturated rings. The summed E-state index contributed by atoms with van der Waals surface area (Å²) in [5, 5.41) is 2.27. The van der Waals surface area contributed by atoms with Crippen LogP contribution in [0.4, 0.5) is 4.39 Å². The highest BCUT2D eigenvalue weighted by Crippen LogP contribution is 2.30. The van der Waals surface area contributed by atoms with Crippen molar-refractivity contribution < 1.29 is 9.18 Å². The van der Waals surface area contributed by atoms with Gasteiger partial charge in [-0.1, -0.05) is 15.9 Å². The lowest BCUT2D eigenvalue weighted by atomic mass is 10.2.